The fourth-order valence-electron chi connectivity index (χ4n) is 0.813. The molecule has 0 heterocycles. The molecule has 0 aromatic heterocycles. The molecule has 0 aromatic rings. The molecule has 70 valence electrons. The smallest absolute Gasteiger partial charge is 0.209 e. The first-order valence-corrected chi connectivity index (χ1v) is 5.00. The van der Waals surface area contributed by atoms with E-state index < -0.39 is 15.4 Å². The van der Waals surface area contributed by atoms with Crippen LogP contribution in [0.1, 0.15) is 13.8 Å². The van der Waals surface area contributed by atoms with Crippen molar-refractivity contribution in [2.45, 2.75) is 13.8 Å². The number of sulfonamides is 1. The van der Waals surface area contributed by atoms with Crippen molar-refractivity contribution in [3.63, 3.8) is 0 Å². The third-order valence-corrected chi connectivity index (χ3v) is 2.34. The Kier molecular flexibility index (Phi) is 3.51. The Morgan fingerprint density at radius 3 is 2.42 bits per heavy atom. The fourth-order valence-corrected chi connectivity index (χ4v) is 1.99. The largest absolute Gasteiger partial charge is 0.229 e. The van der Waals surface area contributed by atoms with Crippen molar-refractivity contribution < 1.29 is 8.42 Å². The quantitative estimate of drug-likeness (QED) is 0.400. The van der Waals surface area contributed by atoms with E-state index in [1.807, 2.05) is 0 Å². The molecule has 0 saturated heterocycles. The minimum Gasteiger partial charge on any atom is -0.229 e. The Morgan fingerprint density at radius 1 is 1.58 bits per heavy atom. The normalized spacial score (nSPS) is 12.2. The lowest BCUT2D eigenvalue weighted by Crippen LogP contribution is -2.30. The van der Waals surface area contributed by atoms with Crippen molar-refractivity contribution in [2.24, 2.45) is 15.7 Å². The molecule has 0 radical (unpaired) electrons. The van der Waals surface area contributed by atoms with Crippen LogP contribution in [-0.4, -0.2) is 20.7 Å². The first-order valence-electron chi connectivity index (χ1n) is 3.28. The summed E-state index contributed by atoms with van der Waals surface area (Å²) in [4.78, 5) is 2.54. The van der Waals surface area contributed by atoms with Gasteiger partial charge in [0.1, 0.15) is 0 Å². The van der Waals surface area contributed by atoms with Gasteiger partial charge in [-0.1, -0.05) is 19.0 Å². The molecule has 0 atom stereocenters. The topological polar surface area (TPSA) is 109 Å². The summed E-state index contributed by atoms with van der Waals surface area (Å²) in [5.74, 6) is -0.182. The summed E-state index contributed by atoms with van der Waals surface area (Å²) in [6, 6.07) is 0. The highest BCUT2D eigenvalue weighted by atomic mass is 32.2. The zero-order valence-electron chi connectivity index (χ0n) is 7.06. The molecule has 0 saturated carbocycles. The minimum absolute atomic E-state index is 0.125. The maximum atomic E-state index is 10.7. The highest BCUT2D eigenvalue weighted by molar-refractivity contribution is 7.89. The van der Waals surface area contributed by atoms with Gasteiger partial charge < -0.3 is 0 Å². The zero-order chi connectivity index (χ0) is 9.83. The summed E-state index contributed by atoms with van der Waals surface area (Å²) < 4.78 is 21.3. The number of rotatable bonds is 4. The molecule has 12 heavy (non-hydrogen) atoms. The SMILES string of the molecule is CC(C)(CN=[N+]=[N-])CS(N)(=O)=O. The highest BCUT2D eigenvalue weighted by Gasteiger charge is 2.22. The Bertz CT molecular complexity index is 289. The van der Waals surface area contributed by atoms with Crippen LogP contribution >= 0.6 is 0 Å². The van der Waals surface area contributed by atoms with Crippen molar-refractivity contribution >= 4 is 10.0 Å². The second kappa shape index (κ2) is 3.75. The van der Waals surface area contributed by atoms with Gasteiger partial charge in [-0.15, -0.1) is 0 Å². The second-order valence-corrected chi connectivity index (χ2v) is 4.97. The van der Waals surface area contributed by atoms with Crippen LogP contribution in [0.4, 0.5) is 0 Å². The van der Waals surface area contributed by atoms with Crippen LogP contribution in [0.2, 0.25) is 0 Å². The Labute approximate surface area is 71.4 Å². The molecule has 0 aliphatic carbocycles. The van der Waals surface area contributed by atoms with Crippen molar-refractivity contribution in [1.82, 2.24) is 0 Å². The lowest BCUT2D eigenvalue weighted by molar-refractivity contribution is 0.425. The Morgan fingerprint density at radius 2 is 2.08 bits per heavy atom. The van der Waals surface area contributed by atoms with Gasteiger partial charge in [-0.05, 0) is 10.9 Å². The lowest BCUT2D eigenvalue weighted by Gasteiger charge is -2.19. The van der Waals surface area contributed by atoms with Gasteiger partial charge in [0.05, 0.1) is 5.75 Å². The summed E-state index contributed by atoms with van der Waals surface area (Å²) in [5.41, 5.74) is 7.41. The van der Waals surface area contributed by atoms with E-state index in [4.69, 9.17) is 10.7 Å². The zero-order valence-corrected chi connectivity index (χ0v) is 7.87. The van der Waals surface area contributed by atoms with Crippen LogP contribution in [0, 0.1) is 5.41 Å². The van der Waals surface area contributed by atoms with Crippen LogP contribution < -0.4 is 5.14 Å². The summed E-state index contributed by atoms with van der Waals surface area (Å²) in [6.07, 6.45) is 0. The monoisotopic (exact) mass is 192 g/mol. The van der Waals surface area contributed by atoms with E-state index in [1.165, 1.54) is 0 Å². The molecule has 0 fully saturated rings. The van der Waals surface area contributed by atoms with Crippen LogP contribution in [0.15, 0.2) is 5.11 Å². The summed E-state index contributed by atoms with van der Waals surface area (Å²) in [7, 11) is -3.50. The summed E-state index contributed by atoms with van der Waals surface area (Å²) in [6.45, 7) is 3.47. The van der Waals surface area contributed by atoms with E-state index in [9.17, 15) is 8.42 Å². The molecule has 0 bridgehead atoms. The lowest BCUT2D eigenvalue weighted by atomic mass is 9.97. The molecule has 2 N–H and O–H groups in total. The predicted octanol–water partition coefficient (Wildman–Crippen LogP) is 0.611. The number of hydrogen-bond donors (Lipinski definition) is 1. The van der Waals surface area contributed by atoms with E-state index in [0.717, 1.165) is 0 Å². The van der Waals surface area contributed by atoms with Gasteiger partial charge in [-0.2, -0.15) is 0 Å². The number of azide groups is 1. The molecule has 0 spiro atoms. The third-order valence-electron chi connectivity index (χ3n) is 1.15. The van der Waals surface area contributed by atoms with Crippen molar-refractivity contribution in [3.8, 4) is 0 Å². The first-order chi connectivity index (χ1) is 5.27. The average Bonchev–Trinajstić information content (AvgIpc) is 1.78. The molecule has 7 heteroatoms. The van der Waals surface area contributed by atoms with Crippen molar-refractivity contribution in [2.75, 3.05) is 12.3 Å². The minimum atomic E-state index is -3.50. The number of primary sulfonamides is 1. The van der Waals surface area contributed by atoms with Gasteiger partial charge in [0, 0.05) is 11.5 Å². The standard InChI is InChI=1S/C5H12N4O2S/c1-5(2,3-8-9-6)4-12(7,10)11/h3-4H2,1-2H3,(H2,7,10,11). The van der Waals surface area contributed by atoms with Gasteiger partial charge in [-0.3, -0.25) is 0 Å². The van der Waals surface area contributed by atoms with Gasteiger partial charge in [0.25, 0.3) is 0 Å². The molecule has 0 aliphatic rings. The van der Waals surface area contributed by atoms with E-state index in [0.29, 0.717) is 0 Å². The van der Waals surface area contributed by atoms with Crippen LogP contribution in [-0.2, 0) is 10.0 Å². The summed E-state index contributed by atoms with van der Waals surface area (Å²) in [5, 5.41) is 8.12. The van der Waals surface area contributed by atoms with E-state index >= 15 is 0 Å². The van der Waals surface area contributed by atoms with E-state index in [2.05, 4.69) is 10.0 Å². The maximum Gasteiger partial charge on any atom is 0.209 e. The van der Waals surface area contributed by atoms with Crippen LogP contribution in [0.5, 0.6) is 0 Å². The number of hydrogen-bond acceptors (Lipinski definition) is 3. The molecule has 6 nitrogen and oxygen atoms in total. The van der Waals surface area contributed by atoms with Gasteiger partial charge in [0.15, 0.2) is 0 Å². The predicted molar refractivity (Wildman–Crippen MR) is 45.8 cm³/mol. The van der Waals surface area contributed by atoms with Crippen molar-refractivity contribution in [3.05, 3.63) is 10.4 Å². The average molecular weight is 192 g/mol. The maximum absolute atomic E-state index is 10.7. The first kappa shape index (κ1) is 11.2. The molecule has 0 rings (SSSR count). The van der Waals surface area contributed by atoms with Crippen LogP contribution in [0.3, 0.4) is 0 Å². The Hall–Kier alpha value is -0.780. The second-order valence-electron chi connectivity index (χ2n) is 3.36. The molecule has 0 unspecified atom stereocenters. The van der Waals surface area contributed by atoms with Gasteiger partial charge in [-0.25, -0.2) is 13.6 Å². The highest BCUT2D eigenvalue weighted by Crippen LogP contribution is 2.16. The van der Waals surface area contributed by atoms with E-state index in [-0.39, 0.29) is 12.3 Å². The molecule has 0 aromatic carbocycles. The van der Waals surface area contributed by atoms with Crippen LogP contribution in [0.25, 0.3) is 10.4 Å². The molecule has 0 amide bonds. The van der Waals surface area contributed by atoms with Gasteiger partial charge >= 0.3 is 0 Å². The van der Waals surface area contributed by atoms with Gasteiger partial charge in [0.2, 0.25) is 10.0 Å². The summed E-state index contributed by atoms with van der Waals surface area (Å²) >= 11 is 0. The number of nitrogens with zero attached hydrogens (tertiary/aromatic N) is 3. The fraction of sp³-hybridized carbons (Fsp3) is 1.00. The molecular formula is C5H12N4O2S. The molecular weight excluding hydrogens is 180 g/mol. The third kappa shape index (κ3) is 5.96. The van der Waals surface area contributed by atoms with E-state index in [1.54, 1.807) is 13.8 Å². The molecule has 0 aliphatic heterocycles. The Balaban J connectivity index is 4.32. The van der Waals surface area contributed by atoms with Crippen molar-refractivity contribution in [1.29, 1.82) is 0 Å². The number of nitrogens with two attached hydrogens (primary N) is 1.